The molecule has 0 atom stereocenters. The zero-order valence-electron chi connectivity index (χ0n) is 13.0. The molecule has 0 spiro atoms. The minimum Gasteiger partial charge on any atom is -0.382 e. The van der Waals surface area contributed by atoms with Gasteiger partial charge in [-0.3, -0.25) is 9.59 Å². The summed E-state index contributed by atoms with van der Waals surface area (Å²) >= 11 is 1.38. The fraction of sp³-hybridized carbons (Fsp3) is 0.294. The number of rotatable bonds is 8. The minimum atomic E-state index is -0.172. The number of anilines is 1. The average molecular weight is 332 g/mol. The second kappa shape index (κ2) is 9.07. The summed E-state index contributed by atoms with van der Waals surface area (Å²) in [7, 11) is 0. The highest BCUT2D eigenvalue weighted by Crippen LogP contribution is 2.14. The number of carbonyl (C=O) groups is 2. The summed E-state index contributed by atoms with van der Waals surface area (Å²) in [6.07, 6.45) is 0.772. The molecule has 0 radical (unpaired) electrons. The van der Waals surface area contributed by atoms with E-state index in [0.29, 0.717) is 35.9 Å². The maximum atomic E-state index is 12.1. The van der Waals surface area contributed by atoms with E-state index in [1.54, 1.807) is 30.3 Å². The lowest BCUT2D eigenvalue weighted by molar-refractivity contribution is 0.0943. The summed E-state index contributed by atoms with van der Waals surface area (Å²) in [4.78, 5) is 24.7. The van der Waals surface area contributed by atoms with Crippen LogP contribution >= 0.6 is 11.3 Å². The topological polar surface area (TPSA) is 67.4 Å². The van der Waals surface area contributed by atoms with Crippen molar-refractivity contribution >= 4 is 28.8 Å². The van der Waals surface area contributed by atoms with E-state index in [1.165, 1.54) is 11.3 Å². The zero-order chi connectivity index (χ0) is 16.5. The van der Waals surface area contributed by atoms with Crippen molar-refractivity contribution in [3.8, 4) is 0 Å². The monoisotopic (exact) mass is 332 g/mol. The molecule has 23 heavy (non-hydrogen) atoms. The number of nitrogens with one attached hydrogen (secondary N) is 2. The van der Waals surface area contributed by atoms with Crippen LogP contribution < -0.4 is 10.6 Å². The molecule has 0 aliphatic carbocycles. The Morgan fingerprint density at radius 3 is 2.78 bits per heavy atom. The Kier molecular flexibility index (Phi) is 6.77. The molecule has 1 aromatic carbocycles. The number of amides is 2. The van der Waals surface area contributed by atoms with Gasteiger partial charge in [-0.05, 0) is 43.0 Å². The molecule has 2 amide bonds. The van der Waals surface area contributed by atoms with Gasteiger partial charge in [-0.2, -0.15) is 0 Å². The van der Waals surface area contributed by atoms with Crippen molar-refractivity contribution in [2.45, 2.75) is 13.3 Å². The van der Waals surface area contributed by atoms with Crippen molar-refractivity contribution in [1.29, 1.82) is 0 Å². The first-order valence-electron chi connectivity index (χ1n) is 7.51. The largest absolute Gasteiger partial charge is 0.382 e. The Bertz CT molecular complexity index is 641. The fourth-order valence-electron chi connectivity index (χ4n) is 1.96. The van der Waals surface area contributed by atoms with Gasteiger partial charge in [0.25, 0.3) is 11.8 Å². The molecule has 2 aromatic rings. The smallest absolute Gasteiger partial charge is 0.265 e. The second-order valence-electron chi connectivity index (χ2n) is 4.82. The number of benzene rings is 1. The lowest BCUT2D eigenvalue weighted by Crippen LogP contribution is -2.25. The van der Waals surface area contributed by atoms with Crippen LogP contribution in [0.25, 0.3) is 0 Å². The van der Waals surface area contributed by atoms with Crippen molar-refractivity contribution in [3.63, 3.8) is 0 Å². The predicted octanol–water partition coefficient (Wildman–Crippen LogP) is 3.16. The minimum absolute atomic E-state index is 0.159. The van der Waals surface area contributed by atoms with Crippen LogP contribution in [0.2, 0.25) is 0 Å². The van der Waals surface area contributed by atoms with Crippen LogP contribution in [-0.2, 0) is 4.74 Å². The molecule has 2 rings (SSSR count). The van der Waals surface area contributed by atoms with Crippen LogP contribution in [0.4, 0.5) is 5.69 Å². The third-order valence-electron chi connectivity index (χ3n) is 3.08. The van der Waals surface area contributed by atoms with E-state index in [-0.39, 0.29) is 11.8 Å². The molecule has 0 saturated heterocycles. The van der Waals surface area contributed by atoms with Gasteiger partial charge in [0.1, 0.15) is 0 Å². The van der Waals surface area contributed by atoms with Crippen LogP contribution in [0.1, 0.15) is 33.4 Å². The summed E-state index contributed by atoms with van der Waals surface area (Å²) in [6.45, 7) is 3.81. The van der Waals surface area contributed by atoms with Gasteiger partial charge in [0, 0.05) is 31.0 Å². The average Bonchev–Trinajstić information content (AvgIpc) is 3.09. The van der Waals surface area contributed by atoms with E-state index in [1.807, 2.05) is 18.4 Å². The van der Waals surface area contributed by atoms with Crippen LogP contribution in [0, 0.1) is 0 Å². The first kappa shape index (κ1) is 17.2. The Labute approximate surface area is 139 Å². The summed E-state index contributed by atoms with van der Waals surface area (Å²) in [6, 6.07) is 10.5. The zero-order valence-corrected chi connectivity index (χ0v) is 13.8. The molecule has 1 aromatic heterocycles. The SMILES string of the molecule is CCOCCCNC(=O)c1cccc(NC(=O)c2cccs2)c1. The fourth-order valence-corrected chi connectivity index (χ4v) is 2.58. The number of hydrogen-bond acceptors (Lipinski definition) is 4. The van der Waals surface area contributed by atoms with Gasteiger partial charge in [-0.15, -0.1) is 11.3 Å². The Balaban J connectivity index is 1.88. The summed E-state index contributed by atoms with van der Waals surface area (Å²) in [5.74, 6) is -0.331. The number of hydrogen-bond donors (Lipinski definition) is 2. The van der Waals surface area contributed by atoms with Gasteiger partial charge < -0.3 is 15.4 Å². The van der Waals surface area contributed by atoms with Crippen LogP contribution in [0.3, 0.4) is 0 Å². The number of ether oxygens (including phenoxy) is 1. The maximum Gasteiger partial charge on any atom is 0.265 e. The van der Waals surface area contributed by atoms with Crippen molar-refractivity contribution in [2.75, 3.05) is 25.1 Å². The molecule has 0 fully saturated rings. The van der Waals surface area contributed by atoms with Gasteiger partial charge >= 0.3 is 0 Å². The van der Waals surface area contributed by atoms with E-state index in [4.69, 9.17) is 4.74 Å². The summed E-state index contributed by atoms with van der Waals surface area (Å²) in [5, 5.41) is 7.48. The van der Waals surface area contributed by atoms with Crippen molar-refractivity contribution < 1.29 is 14.3 Å². The van der Waals surface area contributed by atoms with E-state index < -0.39 is 0 Å². The van der Waals surface area contributed by atoms with Gasteiger partial charge in [0.2, 0.25) is 0 Å². The van der Waals surface area contributed by atoms with Crippen LogP contribution in [0.5, 0.6) is 0 Å². The van der Waals surface area contributed by atoms with Gasteiger partial charge in [-0.1, -0.05) is 12.1 Å². The molecular formula is C17H20N2O3S. The van der Waals surface area contributed by atoms with Crippen molar-refractivity contribution in [1.82, 2.24) is 5.32 Å². The van der Waals surface area contributed by atoms with Crippen molar-refractivity contribution in [3.05, 3.63) is 52.2 Å². The lowest BCUT2D eigenvalue weighted by Gasteiger charge is -2.08. The molecule has 0 saturated carbocycles. The molecular weight excluding hydrogens is 312 g/mol. The van der Waals surface area contributed by atoms with E-state index in [2.05, 4.69) is 10.6 Å². The van der Waals surface area contributed by atoms with Gasteiger partial charge in [0.15, 0.2) is 0 Å². The highest BCUT2D eigenvalue weighted by atomic mass is 32.1. The summed E-state index contributed by atoms with van der Waals surface area (Å²) < 4.78 is 5.22. The number of thiophene rings is 1. The Hall–Kier alpha value is -2.18. The molecule has 122 valence electrons. The molecule has 6 heteroatoms. The quantitative estimate of drug-likeness (QED) is 0.730. The second-order valence-corrected chi connectivity index (χ2v) is 5.77. The van der Waals surface area contributed by atoms with Crippen LogP contribution in [-0.4, -0.2) is 31.6 Å². The number of carbonyl (C=O) groups excluding carboxylic acids is 2. The molecule has 0 aliphatic rings. The molecule has 2 N–H and O–H groups in total. The van der Waals surface area contributed by atoms with E-state index in [0.717, 1.165) is 6.42 Å². The Morgan fingerprint density at radius 2 is 2.04 bits per heavy atom. The van der Waals surface area contributed by atoms with Crippen LogP contribution in [0.15, 0.2) is 41.8 Å². The highest BCUT2D eigenvalue weighted by molar-refractivity contribution is 7.12. The first-order valence-corrected chi connectivity index (χ1v) is 8.39. The molecule has 0 aliphatic heterocycles. The van der Waals surface area contributed by atoms with Gasteiger partial charge in [0.05, 0.1) is 4.88 Å². The maximum absolute atomic E-state index is 12.1. The van der Waals surface area contributed by atoms with Crippen molar-refractivity contribution in [2.24, 2.45) is 0 Å². The normalized spacial score (nSPS) is 10.3. The predicted molar refractivity (Wildman–Crippen MR) is 92.2 cm³/mol. The first-order chi connectivity index (χ1) is 11.2. The molecule has 5 nitrogen and oxygen atoms in total. The molecule has 1 heterocycles. The standard InChI is InChI=1S/C17H20N2O3S/c1-2-22-10-5-9-18-16(20)13-6-3-7-14(12-13)19-17(21)15-8-4-11-23-15/h3-4,6-8,11-12H,2,5,9-10H2,1H3,(H,18,20)(H,19,21). The third kappa shape index (κ3) is 5.50. The highest BCUT2D eigenvalue weighted by Gasteiger charge is 2.09. The lowest BCUT2D eigenvalue weighted by atomic mass is 10.2. The molecule has 0 bridgehead atoms. The third-order valence-corrected chi connectivity index (χ3v) is 3.95. The summed E-state index contributed by atoms with van der Waals surface area (Å²) in [5.41, 5.74) is 1.12. The van der Waals surface area contributed by atoms with E-state index >= 15 is 0 Å². The van der Waals surface area contributed by atoms with E-state index in [9.17, 15) is 9.59 Å². The van der Waals surface area contributed by atoms with Gasteiger partial charge in [-0.25, -0.2) is 0 Å². The molecule has 0 unspecified atom stereocenters. The Morgan fingerprint density at radius 1 is 1.17 bits per heavy atom.